The predicted molar refractivity (Wildman–Crippen MR) is 120 cm³/mol. The minimum absolute atomic E-state index is 0.205. The van der Waals surface area contributed by atoms with E-state index < -0.39 is 5.60 Å². The molecule has 0 aliphatic carbocycles. The molecule has 3 nitrogen and oxygen atoms in total. The monoisotopic (exact) mass is 469 g/mol. The van der Waals surface area contributed by atoms with Crippen LogP contribution in [0.2, 0.25) is 0 Å². The fourth-order valence-corrected chi connectivity index (χ4v) is 4.17. The number of halogens is 2. The van der Waals surface area contributed by atoms with Crippen molar-refractivity contribution in [3.8, 4) is 0 Å². The Labute approximate surface area is 185 Å². The number of benzene rings is 3. The van der Waals surface area contributed by atoms with Crippen LogP contribution in [0.25, 0.3) is 0 Å². The first-order valence-electron chi connectivity index (χ1n) is 10.2. The Morgan fingerprint density at radius 1 is 0.900 bits per heavy atom. The lowest BCUT2D eigenvalue weighted by Crippen LogP contribution is -2.54. The molecule has 0 unspecified atom stereocenters. The van der Waals surface area contributed by atoms with Crippen LogP contribution in [0.5, 0.6) is 0 Å². The molecule has 2 atom stereocenters. The molecule has 1 aliphatic heterocycles. The molecule has 0 spiro atoms. The van der Waals surface area contributed by atoms with Gasteiger partial charge >= 0.3 is 0 Å². The summed E-state index contributed by atoms with van der Waals surface area (Å²) in [5, 5.41) is 3.43. The minimum atomic E-state index is -0.649. The summed E-state index contributed by atoms with van der Waals surface area (Å²) in [5.74, 6) is -0.252. The van der Waals surface area contributed by atoms with Gasteiger partial charge in [0, 0.05) is 11.0 Å². The third-order valence-electron chi connectivity index (χ3n) is 5.56. The zero-order valence-electron chi connectivity index (χ0n) is 16.7. The average Bonchev–Trinajstić information content (AvgIpc) is 2.79. The van der Waals surface area contributed by atoms with Crippen molar-refractivity contribution in [3.63, 3.8) is 0 Å². The van der Waals surface area contributed by atoms with E-state index in [0.29, 0.717) is 19.8 Å². The van der Waals surface area contributed by atoms with Gasteiger partial charge in [-0.25, -0.2) is 4.39 Å². The highest BCUT2D eigenvalue weighted by molar-refractivity contribution is 9.10. The number of hydrogen-bond acceptors (Lipinski definition) is 3. The Bertz CT molecular complexity index is 934. The maximum Gasteiger partial charge on any atom is 0.123 e. The van der Waals surface area contributed by atoms with E-state index in [0.717, 1.165) is 34.1 Å². The lowest BCUT2D eigenvalue weighted by molar-refractivity contribution is -0.176. The van der Waals surface area contributed by atoms with Crippen LogP contribution in [-0.2, 0) is 28.3 Å². The van der Waals surface area contributed by atoms with Gasteiger partial charge in [-0.15, -0.1) is 0 Å². The highest BCUT2D eigenvalue weighted by atomic mass is 79.9. The minimum Gasteiger partial charge on any atom is -0.369 e. The molecule has 5 heteroatoms. The predicted octanol–water partition coefficient (Wildman–Crippen LogP) is 5.58. The molecule has 1 heterocycles. The second-order valence-corrected chi connectivity index (χ2v) is 8.47. The van der Waals surface area contributed by atoms with Gasteiger partial charge in [0.2, 0.25) is 0 Å². The van der Waals surface area contributed by atoms with E-state index in [1.165, 1.54) is 12.1 Å². The molecule has 4 rings (SSSR count). The fraction of sp³-hybridized carbons (Fsp3) is 0.280. The highest BCUT2D eigenvalue weighted by Gasteiger charge is 2.44. The summed E-state index contributed by atoms with van der Waals surface area (Å²) in [6.07, 6.45) is 0.542. The first-order chi connectivity index (χ1) is 14.7. The molecule has 30 heavy (non-hydrogen) atoms. The molecule has 1 fully saturated rings. The van der Waals surface area contributed by atoms with Crippen LogP contribution in [0.3, 0.4) is 0 Å². The maximum absolute atomic E-state index is 13.6. The third-order valence-corrected chi connectivity index (χ3v) is 6.09. The largest absolute Gasteiger partial charge is 0.369 e. The van der Waals surface area contributed by atoms with Crippen molar-refractivity contribution in [2.75, 3.05) is 13.1 Å². The van der Waals surface area contributed by atoms with E-state index in [2.05, 4.69) is 33.4 Å². The number of nitrogens with one attached hydrogen (secondary N) is 1. The second-order valence-electron chi connectivity index (χ2n) is 7.55. The van der Waals surface area contributed by atoms with Crippen LogP contribution < -0.4 is 5.32 Å². The van der Waals surface area contributed by atoms with Gasteiger partial charge in [0.05, 0.1) is 13.2 Å². The smallest absolute Gasteiger partial charge is 0.123 e. The fourth-order valence-electron chi connectivity index (χ4n) is 3.90. The van der Waals surface area contributed by atoms with Crippen LogP contribution in [0, 0.1) is 5.82 Å². The van der Waals surface area contributed by atoms with Crippen molar-refractivity contribution in [1.82, 2.24) is 5.32 Å². The number of hydrogen-bond donors (Lipinski definition) is 1. The SMILES string of the molecule is Fc1ccc([C@]2(OCc3ccccc3)CCNC[C@@H]2OCc2ccc(Br)cc2)cc1. The summed E-state index contributed by atoms with van der Waals surface area (Å²) in [4.78, 5) is 0. The quantitative estimate of drug-likeness (QED) is 0.489. The molecule has 1 N–H and O–H groups in total. The first-order valence-corrected chi connectivity index (χ1v) is 11.0. The molecule has 0 bridgehead atoms. The van der Waals surface area contributed by atoms with Crippen LogP contribution in [0.15, 0.2) is 83.3 Å². The summed E-state index contributed by atoms with van der Waals surface area (Å²) >= 11 is 3.47. The van der Waals surface area contributed by atoms with Crippen molar-refractivity contribution in [2.45, 2.75) is 31.3 Å². The molecule has 156 valence electrons. The van der Waals surface area contributed by atoms with Crippen LogP contribution in [-0.4, -0.2) is 19.2 Å². The van der Waals surface area contributed by atoms with Crippen molar-refractivity contribution >= 4 is 15.9 Å². The van der Waals surface area contributed by atoms with Gasteiger partial charge in [0.15, 0.2) is 0 Å². The number of rotatable bonds is 7. The first kappa shape index (κ1) is 21.2. The van der Waals surface area contributed by atoms with Crippen molar-refractivity contribution in [1.29, 1.82) is 0 Å². The Kier molecular flexibility index (Phi) is 6.95. The lowest BCUT2D eigenvalue weighted by Gasteiger charge is -2.44. The van der Waals surface area contributed by atoms with Gasteiger partial charge in [0.25, 0.3) is 0 Å². The highest BCUT2D eigenvalue weighted by Crippen LogP contribution is 2.38. The zero-order valence-corrected chi connectivity index (χ0v) is 18.3. The van der Waals surface area contributed by atoms with Crippen molar-refractivity contribution < 1.29 is 13.9 Å². The number of ether oxygens (including phenoxy) is 2. The van der Waals surface area contributed by atoms with Crippen LogP contribution in [0.4, 0.5) is 4.39 Å². The molecule has 3 aromatic rings. The summed E-state index contributed by atoms with van der Waals surface area (Å²) in [6, 6.07) is 24.9. The molecule has 1 saturated heterocycles. The van der Waals surface area contributed by atoms with E-state index in [1.807, 2.05) is 54.6 Å². The standard InChI is InChI=1S/C25H25BrFNO2/c26-22-10-6-20(7-11-22)17-29-24-16-28-15-14-25(24,21-8-12-23(27)13-9-21)30-18-19-4-2-1-3-5-19/h1-13,24,28H,14-18H2/t24-,25+/m0/s1. The summed E-state index contributed by atoms with van der Waals surface area (Å²) in [5.41, 5.74) is 2.50. The molecule has 3 aromatic carbocycles. The molecular formula is C25H25BrFNO2. The lowest BCUT2D eigenvalue weighted by atomic mass is 9.82. The van der Waals surface area contributed by atoms with Crippen LogP contribution in [0.1, 0.15) is 23.1 Å². The van der Waals surface area contributed by atoms with Gasteiger partial charge in [-0.3, -0.25) is 0 Å². The van der Waals surface area contributed by atoms with Crippen LogP contribution >= 0.6 is 15.9 Å². The van der Waals surface area contributed by atoms with Gasteiger partial charge in [-0.1, -0.05) is 70.5 Å². The molecule has 0 aromatic heterocycles. The Morgan fingerprint density at radius 3 is 2.33 bits per heavy atom. The van der Waals surface area contributed by atoms with E-state index in [1.54, 1.807) is 0 Å². The average molecular weight is 470 g/mol. The zero-order chi connectivity index (χ0) is 20.8. The summed E-state index contributed by atoms with van der Waals surface area (Å²) < 4.78 is 27.7. The van der Waals surface area contributed by atoms with Gasteiger partial charge in [-0.2, -0.15) is 0 Å². The third kappa shape index (κ3) is 4.98. The van der Waals surface area contributed by atoms with E-state index in [4.69, 9.17) is 9.47 Å². The normalized spacial score (nSPS) is 21.5. The number of piperidine rings is 1. The molecule has 0 amide bonds. The van der Waals surface area contributed by atoms with Gasteiger partial charge in [-0.05, 0) is 53.9 Å². The van der Waals surface area contributed by atoms with Gasteiger partial charge in [0.1, 0.15) is 17.5 Å². The molecule has 0 radical (unpaired) electrons. The maximum atomic E-state index is 13.6. The topological polar surface area (TPSA) is 30.5 Å². The molecule has 0 saturated carbocycles. The van der Waals surface area contributed by atoms with E-state index in [9.17, 15) is 4.39 Å². The van der Waals surface area contributed by atoms with Crippen molar-refractivity contribution in [3.05, 3.63) is 106 Å². The van der Waals surface area contributed by atoms with Gasteiger partial charge < -0.3 is 14.8 Å². The van der Waals surface area contributed by atoms with Crippen molar-refractivity contribution in [2.24, 2.45) is 0 Å². The summed E-state index contributed by atoms with van der Waals surface area (Å²) in [6.45, 7) is 2.43. The van der Waals surface area contributed by atoms with E-state index >= 15 is 0 Å². The summed E-state index contributed by atoms with van der Waals surface area (Å²) in [7, 11) is 0. The Morgan fingerprint density at radius 2 is 1.60 bits per heavy atom. The molecule has 1 aliphatic rings. The van der Waals surface area contributed by atoms with E-state index in [-0.39, 0.29) is 11.9 Å². The Balaban J connectivity index is 1.60. The second kappa shape index (κ2) is 9.84. The molecular weight excluding hydrogens is 445 g/mol. The Hall–Kier alpha value is -2.05.